The lowest BCUT2D eigenvalue weighted by atomic mass is 10.3. The molecule has 0 radical (unpaired) electrons. The predicted octanol–water partition coefficient (Wildman–Crippen LogP) is 1.72. The summed E-state index contributed by atoms with van der Waals surface area (Å²) in [6, 6.07) is 8.40. The van der Waals surface area contributed by atoms with Gasteiger partial charge in [0.25, 0.3) is 0 Å². The molecule has 0 bridgehead atoms. The molecule has 1 aromatic carbocycles. The molecule has 0 unspecified atom stereocenters. The van der Waals surface area contributed by atoms with Gasteiger partial charge in [-0.1, -0.05) is 0 Å². The molecule has 68 valence electrons. The maximum Gasteiger partial charge on any atom is 0.131 e. The van der Waals surface area contributed by atoms with E-state index in [4.69, 9.17) is 0 Å². The Hall–Kier alpha value is -1.16. The lowest BCUT2D eigenvalue weighted by Crippen LogP contribution is -2.31. The molecule has 2 rings (SSSR count). The number of aliphatic imine (C=N–C) groups is 1. The SMILES string of the molecule is CSc1ccc(N2CN=CN2)cc1. The molecule has 0 fully saturated rings. The molecule has 1 aliphatic heterocycles. The number of hydrogen-bond acceptors (Lipinski definition) is 4. The van der Waals surface area contributed by atoms with Crippen molar-refractivity contribution in [2.45, 2.75) is 4.90 Å². The molecule has 0 saturated carbocycles. The highest BCUT2D eigenvalue weighted by molar-refractivity contribution is 7.98. The molecule has 1 aromatic rings. The zero-order chi connectivity index (χ0) is 9.10. The van der Waals surface area contributed by atoms with Crippen molar-refractivity contribution in [1.82, 2.24) is 5.43 Å². The Bertz CT molecular complexity index is 299. The van der Waals surface area contributed by atoms with Crippen LogP contribution in [0.5, 0.6) is 0 Å². The van der Waals surface area contributed by atoms with E-state index in [1.165, 1.54) is 4.90 Å². The Labute approximate surface area is 81.8 Å². The van der Waals surface area contributed by atoms with E-state index in [0.29, 0.717) is 6.67 Å². The van der Waals surface area contributed by atoms with Gasteiger partial charge < -0.3 is 0 Å². The Morgan fingerprint density at radius 2 is 2.15 bits per heavy atom. The van der Waals surface area contributed by atoms with Gasteiger partial charge in [0.05, 0.1) is 5.69 Å². The van der Waals surface area contributed by atoms with E-state index in [0.717, 1.165) is 5.69 Å². The first-order chi connectivity index (χ1) is 6.40. The summed E-state index contributed by atoms with van der Waals surface area (Å²) < 4.78 is 0. The van der Waals surface area contributed by atoms with E-state index in [1.54, 1.807) is 18.1 Å². The summed E-state index contributed by atoms with van der Waals surface area (Å²) in [6.45, 7) is 0.693. The van der Waals surface area contributed by atoms with Crippen LogP contribution in [-0.4, -0.2) is 19.3 Å². The third kappa shape index (κ3) is 1.78. The Balaban J connectivity index is 2.13. The van der Waals surface area contributed by atoms with Gasteiger partial charge in [0.2, 0.25) is 0 Å². The van der Waals surface area contributed by atoms with Crippen molar-refractivity contribution < 1.29 is 0 Å². The largest absolute Gasteiger partial charge is 0.286 e. The smallest absolute Gasteiger partial charge is 0.131 e. The van der Waals surface area contributed by atoms with Crippen molar-refractivity contribution in [3.05, 3.63) is 24.3 Å². The van der Waals surface area contributed by atoms with Crippen LogP contribution in [0.25, 0.3) is 0 Å². The molecule has 0 aromatic heterocycles. The summed E-state index contributed by atoms with van der Waals surface area (Å²) in [5.74, 6) is 0. The average Bonchev–Trinajstić information content (AvgIpc) is 2.71. The maximum atomic E-state index is 4.07. The highest BCUT2D eigenvalue weighted by Crippen LogP contribution is 2.19. The van der Waals surface area contributed by atoms with E-state index in [1.807, 2.05) is 5.01 Å². The highest BCUT2D eigenvalue weighted by atomic mass is 32.2. The molecular weight excluding hydrogens is 182 g/mol. The van der Waals surface area contributed by atoms with Gasteiger partial charge in [0.1, 0.15) is 13.0 Å². The predicted molar refractivity (Wildman–Crippen MR) is 57.2 cm³/mol. The fourth-order valence-corrected chi connectivity index (χ4v) is 1.60. The minimum Gasteiger partial charge on any atom is -0.286 e. The molecule has 0 saturated heterocycles. The number of hydrazine groups is 1. The number of anilines is 1. The van der Waals surface area contributed by atoms with Gasteiger partial charge in [-0.3, -0.25) is 15.4 Å². The fourth-order valence-electron chi connectivity index (χ4n) is 1.19. The second kappa shape index (κ2) is 3.70. The van der Waals surface area contributed by atoms with Crippen LogP contribution in [0.15, 0.2) is 34.2 Å². The first-order valence-electron chi connectivity index (χ1n) is 4.06. The number of benzene rings is 1. The monoisotopic (exact) mass is 193 g/mol. The normalized spacial score (nSPS) is 14.7. The van der Waals surface area contributed by atoms with Crippen molar-refractivity contribution in [3.63, 3.8) is 0 Å². The molecule has 4 heteroatoms. The summed E-state index contributed by atoms with van der Waals surface area (Å²) in [5.41, 5.74) is 4.19. The third-order valence-electron chi connectivity index (χ3n) is 1.91. The topological polar surface area (TPSA) is 27.6 Å². The van der Waals surface area contributed by atoms with Crippen LogP contribution in [0.2, 0.25) is 0 Å². The summed E-state index contributed by atoms with van der Waals surface area (Å²) in [4.78, 5) is 5.35. The second-order valence-corrected chi connectivity index (χ2v) is 3.59. The van der Waals surface area contributed by atoms with Gasteiger partial charge in [0.15, 0.2) is 0 Å². The van der Waals surface area contributed by atoms with Gasteiger partial charge in [-0.2, -0.15) is 0 Å². The van der Waals surface area contributed by atoms with Crippen LogP contribution in [0.3, 0.4) is 0 Å². The van der Waals surface area contributed by atoms with E-state index < -0.39 is 0 Å². The number of nitrogens with zero attached hydrogens (tertiary/aromatic N) is 2. The van der Waals surface area contributed by atoms with Crippen LogP contribution in [0.1, 0.15) is 0 Å². The average molecular weight is 193 g/mol. The Kier molecular flexibility index (Phi) is 2.40. The highest BCUT2D eigenvalue weighted by Gasteiger charge is 2.06. The van der Waals surface area contributed by atoms with E-state index >= 15 is 0 Å². The van der Waals surface area contributed by atoms with Crippen LogP contribution in [0, 0.1) is 0 Å². The lowest BCUT2D eigenvalue weighted by Gasteiger charge is -2.16. The van der Waals surface area contributed by atoms with Gasteiger partial charge in [-0.15, -0.1) is 11.8 Å². The van der Waals surface area contributed by atoms with Gasteiger partial charge >= 0.3 is 0 Å². The first kappa shape index (κ1) is 8.44. The van der Waals surface area contributed by atoms with Crippen LogP contribution in [0.4, 0.5) is 5.69 Å². The number of hydrogen-bond donors (Lipinski definition) is 1. The molecule has 13 heavy (non-hydrogen) atoms. The van der Waals surface area contributed by atoms with Gasteiger partial charge in [-0.25, -0.2) is 0 Å². The fraction of sp³-hybridized carbons (Fsp3) is 0.222. The van der Waals surface area contributed by atoms with Crippen molar-refractivity contribution in [2.75, 3.05) is 17.9 Å². The van der Waals surface area contributed by atoms with Crippen LogP contribution < -0.4 is 10.4 Å². The number of thioether (sulfide) groups is 1. The van der Waals surface area contributed by atoms with Crippen molar-refractivity contribution in [2.24, 2.45) is 4.99 Å². The van der Waals surface area contributed by atoms with Gasteiger partial charge in [-0.05, 0) is 30.5 Å². The molecule has 1 heterocycles. The quantitative estimate of drug-likeness (QED) is 0.725. The number of rotatable bonds is 2. The summed E-state index contributed by atoms with van der Waals surface area (Å²) >= 11 is 1.75. The molecule has 1 N–H and O–H groups in total. The van der Waals surface area contributed by atoms with E-state index in [9.17, 15) is 0 Å². The number of nitrogens with one attached hydrogen (secondary N) is 1. The van der Waals surface area contributed by atoms with Crippen molar-refractivity contribution >= 4 is 23.8 Å². The molecule has 0 atom stereocenters. The lowest BCUT2D eigenvalue weighted by molar-refractivity contribution is 0.844. The zero-order valence-corrected chi connectivity index (χ0v) is 8.21. The van der Waals surface area contributed by atoms with Crippen molar-refractivity contribution in [1.29, 1.82) is 0 Å². The summed E-state index contributed by atoms with van der Waals surface area (Å²) in [5, 5.41) is 1.99. The second-order valence-electron chi connectivity index (χ2n) is 2.71. The standard InChI is InChI=1S/C9H11N3S/c1-13-9-4-2-8(3-5-9)12-7-10-6-11-12/h2-6H,7H2,1H3,(H,10,11). The Morgan fingerprint density at radius 1 is 1.38 bits per heavy atom. The first-order valence-corrected chi connectivity index (χ1v) is 5.29. The Morgan fingerprint density at radius 3 is 2.69 bits per heavy atom. The minimum absolute atomic E-state index is 0.693. The zero-order valence-electron chi connectivity index (χ0n) is 7.40. The minimum atomic E-state index is 0.693. The van der Waals surface area contributed by atoms with E-state index in [2.05, 4.69) is 40.9 Å². The molecule has 3 nitrogen and oxygen atoms in total. The summed E-state index contributed by atoms with van der Waals surface area (Å²) in [7, 11) is 0. The molecule has 0 amide bonds. The summed E-state index contributed by atoms with van der Waals surface area (Å²) in [6.07, 6.45) is 3.79. The molecule has 0 aliphatic carbocycles. The van der Waals surface area contributed by atoms with Gasteiger partial charge in [0, 0.05) is 4.90 Å². The maximum absolute atomic E-state index is 4.07. The molecular formula is C9H11N3S. The van der Waals surface area contributed by atoms with Crippen molar-refractivity contribution in [3.8, 4) is 0 Å². The van der Waals surface area contributed by atoms with E-state index in [-0.39, 0.29) is 0 Å². The van der Waals surface area contributed by atoms with Crippen LogP contribution >= 0.6 is 11.8 Å². The molecule has 1 aliphatic rings. The van der Waals surface area contributed by atoms with Crippen LogP contribution in [-0.2, 0) is 0 Å². The third-order valence-corrected chi connectivity index (χ3v) is 2.66. The molecule has 0 spiro atoms.